The molecular formula is C10H14INO. The van der Waals surface area contributed by atoms with Crippen molar-refractivity contribution in [1.82, 2.24) is 0 Å². The fraction of sp³-hybridized carbons (Fsp3) is 0.400. The third-order valence-corrected chi connectivity index (χ3v) is 2.62. The van der Waals surface area contributed by atoms with Gasteiger partial charge in [-0.1, -0.05) is 6.07 Å². The SMILES string of the molecule is COc1ccc(C[C@@H](C)N)cc1I. The first kappa shape index (κ1) is 10.8. The molecule has 0 radical (unpaired) electrons. The Kier molecular flexibility index (Phi) is 3.99. The number of rotatable bonds is 3. The zero-order valence-electron chi connectivity index (χ0n) is 7.88. The summed E-state index contributed by atoms with van der Waals surface area (Å²) in [4.78, 5) is 0. The fourth-order valence-electron chi connectivity index (χ4n) is 1.21. The van der Waals surface area contributed by atoms with Gasteiger partial charge in [0, 0.05) is 6.04 Å². The number of halogens is 1. The van der Waals surface area contributed by atoms with Crippen LogP contribution in [0.1, 0.15) is 12.5 Å². The highest BCUT2D eigenvalue weighted by molar-refractivity contribution is 14.1. The van der Waals surface area contributed by atoms with Gasteiger partial charge in [-0.3, -0.25) is 0 Å². The summed E-state index contributed by atoms with van der Waals surface area (Å²) in [7, 11) is 1.68. The Labute approximate surface area is 92.6 Å². The van der Waals surface area contributed by atoms with E-state index in [0.29, 0.717) is 0 Å². The molecule has 2 nitrogen and oxygen atoms in total. The number of methoxy groups -OCH3 is 1. The first-order chi connectivity index (χ1) is 6.13. The van der Waals surface area contributed by atoms with Crippen molar-refractivity contribution < 1.29 is 4.74 Å². The van der Waals surface area contributed by atoms with E-state index < -0.39 is 0 Å². The van der Waals surface area contributed by atoms with Gasteiger partial charge in [0.2, 0.25) is 0 Å². The van der Waals surface area contributed by atoms with Gasteiger partial charge in [0.25, 0.3) is 0 Å². The predicted octanol–water partition coefficient (Wildman–Crippen LogP) is 2.19. The molecule has 0 aliphatic heterocycles. The molecule has 0 saturated heterocycles. The van der Waals surface area contributed by atoms with Crippen molar-refractivity contribution in [2.75, 3.05) is 7.11 Å². The average Bonchev–Trinajstić information content (AvgIpc) is 2.03. The summed E-state index contributed by atoms with van der Waals surface area (Å²) in [6, 6.07) is 6.37. The minimum absolute atomic E-state index is 0.212. The van der Waals surface area contributed by atoms with Crippen LogP contribution in [0.3, 0.4) is 0 Å². The highest BCUT2D eigenvalue weighted by Gasteiger charge is 2.02. The normalized spacial score (nSPS) is 12.6. The number of hydrogen-bond donors (Lipinski definition) is 1. The molecule has 0 aromatic heterocycles. The molecule has 2 N–H and O–H groups in total. The van der Waals surface area contributed by atoms with E-state index in [1.807, 2.05) is 13.0 Å². The van der Waals surface area contributed by atoms with E-state index in [9.17, 15) is 0 Å². The third-order valence-electron chi connectivity index (χ3n) is 1.77. The molecule has 0 bridgehead atoms. The summed E-state index contributed by atoms with van der Waals surface area (Å²) >= 11 is 2.27. The Hall–Kier alpha value is -0.290. The monoisotopic (exact) mass is 291 g/mol. The third kappa shape index (κ3) is 3.15. The van der Waals surface area contributed by atoms with Gasteiger partial charge in [-0.2, -0.15) is 0 Å². The van der Waals surface area contributed by atoms with Crippen LogP contribution in [-0.4, -0.2) is 13.2 Å². The molecule has 0 amide bonds. The molecule has 0 aliphatic rings. The quantitative estimate of drug-likeness (QED) is 0.866. The van der Waals surface area contributed by atoms with Gasteiger partial charge in [-0.15, -0.1) is 0 Å². The van der Waals surface area contributed by atoms with Crippen molar-refractivity contribution in [2.45, 2.75) is 19.4 Å². The van der Waals surface area contributed by atoms with Crippen LogP contribution in [0.15, 0.2) is 18.2 Å². The molecule has 72 valence electrons. The topological polar surface area (TPSA) is 35.2 Å². The van der Waals surface area contributed by atoms with E-state index in [4.69, 9.17) is 10.5 Å². The number of ether oxygens (including phenoxy) is 1. The molecule has 0 heterocycles. The largest absolute Gasteiger partial charge is 0.496 e. The zero-order valence-corrected chi connectivity index (χ0v) is 10.0. The summed E-state index contributed by atoms with van der Waals surface area (Å²) in [6.07, 6.45) is 0.917. The van der Waals surface area contributed by atoms with Crippen LogP contribution in [-0.2, 0) is 6.42 Å². The summed E-state index contributed by atoms with van der Waals surface area (Å²) in [5.74, 6) is 0.925. The summed E-state index contributed by atoms with van der Waals surface area (Å²) in [5.41, 5.74) is 6.98. The summed E-state index contributed by atoms with van der Waals surface area (Å²) in [6.45, 7) is 2.01. The van der Waals surface area contributed by atoms with Crippen molar-refractivity contribution >= 4 is 22.6 Å². The lowest BCUT2D eigenvalue weighted by atomic mass is 10.1. The smallest absolute Gasteiger partial charge is 0.132 e. The maximum Gasteiger partial charge on any atom is 0.132 e. The molecule has 0 aliphatic carbocycles. The molecule has 3 heteroatoms. The molecule has 1 atom stereocenters. The Balaban J connectivity index is 2.83. The van der Waals surface area contributed by atoms with Crippen LogP contribution in [0.2, 0.25) is 0 Å². The molecule has 0 unspecified atom stereocenters. The Morgan fingerprint density at radius 3 is 2.69 bits per heavy atom. The zero-order chi connectivity index (χ0) is 9.84. The van der Waals surface area contributed by atoms with Crippen molar-refractivity contribution in [3.05, 3.63) is 27.3 Å². The van der Waals surface area contributed by atoms with Crippen LogP contribution < -0.4 is 10.5 Å². The van der Waals surface area contributed by atoms with Crippen LogP contribution in [0, 0.1) is 3.57 Å². The van der Waals surface area contributed by atoms with Gasteiger partial charge >= 0.3 is 0 Å². The van der Waals surface area contributed by atoms with E-state index in [1.54, 1.807) is 7.11 Å². The first-order valence-corrected chi connectivity index (χ1v) is 5.29. The Morgan fingerprint density at radius 2 is 2.23 bits per heavy atom. The van der Waals surface area contributed by atoms with Crippen molar-refractivity contribution in [3.8, 4) is 5.75 Å². The first-order valence-electron chi connectivity index (χ1n) is 4.21. The van der Waals surface area contributed by atoms with E-state index in [0.717, 1.165) is 15.7 Å². The molecule has 1 aromatic rings. The van der Waals surface area contributed by atoms with E-state index in [2.05, 4.69) is 34.7 Å². The molecule has 1 aromatic carbocycles. The Morgan fingerprint density at radius 1 is 1.54 bits per heavy atom. The minimum atomic E-state index is 0.212. The summed E-state index contributed by atoms with van der Waals surface area (Å²) in [5, 5.41) is 0. The second-order valence-electron chi connectivity index (χ2n) is 3.15. The summed E-state index contributed by atoms with van der Waals surface area (Å²) < 4.78 is 6.30. The second-order valence-corrected chi connectivity index (χ2v) is 4.31. The standard InChI is InChI=1S/C10H14INO/c1-7(12)5-8-3-4-10(13-2)9(11)6-8/h3-4,6-7H,5,12H2,1-2H3/t7-/m1/s1. The van der Waals surface area contributed by atoms with Crippen molar-refractivity contribution in [1.29, 1.82) is 0 Å². The molecule has 13 heavy (non-hydrogen) atoms. The van der Waals surface area contributed by atoms with Gasteiger partial charge in [-0.25, -0.2) is 0 Å². The molecule has 0 fully saturated rings. The van der Waals surface area contributed by atoms with Gasteiger partial charge in [-0.05, 0) is 53.6 Å². The van der Waals surface area contributed by atoms with Gasteiger partial charge in [0.15, 0.2) is 0 Å². The van der Waals surface area contributed by atoms with Crippen LogP contribution in [0.5, 0.6) is 5.75 Å². The highest BCUT2D eigenvalue weighted by atomic mass is 127. The van der Waals surface area contributed by atoms with Crippen LogP contribution in [0.4, 0.5) is 0 Å². The van der Waals surface area contributed by atoms with Crippen LogP contribution in [0.25, 0.3) is 0 Å². The lowest BCUT2D eigenvalue weighted by Gasteiger charge is -2.08. The molecule has 1 rings (SSSR count). The average molecular weight is 291 g/mol. The lowest BCUT2D eigenvalue weighted by molar-refractivity contribution is 0.411. The van der Waals surface area contributed by atoms with E-state index in [1.165, 1.54) is 5.56 Å². The fourth-order valence-corrected chi connectivity index (χ4v) is 2.01. The van der Waals surface area contributed by atoms with Gasteiger partial charge in [0.05, 0.1) is 10.7 Å². The Bertz CT molecular complexity index is 286. The maximum atomic E-state index is 5.71. The minimum Gasteiger partial charge on any atom is -0.496 e. The maximum absolute atomic E-state index is 5.71. The molecule has 0 spiro atoms. The second kappa shape index (κ2) is 4.81. The van der Waals surface area contributed by atoms with E-state index >= 15 is 0 Å². The molecular weight excluding hydrogens is 277 g/mol. The highest BCUT2D eigenvalue weighted by Crippen LogP contribution is 2.21. The number of benzene rings is 1. The molecule has 0 saturated carbocycles. The predicted molar refractivity (Wildman–Crippen MR) is 63.1 cm³/mol. The number of hydrogen-bond acceptors (Lipinski definition) is 2. The van der Waals surface area contributed by atoms with Crippen molar-refractivity contribution in [3.63, 3.8) is 0 Å². The van der Waals surface area contributed by atoms with E-state index in [-0.39, 0.29) is 6.04 Å². The van der Waals surface area contributed by atoms with Gasteiger partial charge in [0.1, 0.15) is 5.75 Å². The van der Waals surface area contributed by atoms with Crippen molar-refractivity contribution in [2.24, 2.45) is 5.73 Å². The number of nitrogens with two attached hydrogens (primary N) is 1. The lowest BCUT2D eigenvalue weighted by Crippen LogP contribution is -2.17. The van der Waals surface area contributed by atoms with Gasteiger partial charge < -0.3 is 10.5 Å². The van der Waals surface area contributed by atoms with Crippen LogP contribution >= 0.6 is 22.6 Å².